The van der Waals surface area contributed by atoms with Crippen LogP contribution in [-0.4, -0.2) is 47.8 Å². The lowest BCUT2D eigenvalue weighted by molar-refractivity contribution is 0.0204. The van der Waals surface area contributed by atoms with Gasteiger partial charge in [-0.05, 0) is 54.6 Å². The fourth-order valence-corrected chi connectivity index (χ4v) is 6.92. The molecule has 2 aliphatic heterocycles. The summed E-state index contributed by atoms with van der Waals surface area (Å²) in [4.78, 5) is 26.8. The third-order valence-corrected chi connectivity index (χ3v) is 13.2. The molecule has 1 saturated heterocycles. The fourth-order valence-electron chi connectivity index (χ4n) is 5.13. The third kappa shape index (κ3) is 3.59. The van der Waals surface area contributed by atoms with E-state index >= 15 is 0 Å². The highest BCUT2D eigenvalue weighted by Crippen LogP contribution is 2.57. The predicted octanol–water partition coefficient (Wildman–Crippen LogP) is 5.70. The van der Waals surface area contributed by atoms with E-state index in [9.17, 15) is 9.59 Å². The molecule has 3 aliphatic rings. The highest BCUT2D eigenvalue weighted by Gasteiger charge is 2.72. The lowest BCUT2D eigenvalue weighted by Crippen LogP contribution is -2.51. The molecule has 2 fully saturated rings. The average molecular weight is 493 g/mol. The summed E-state index contributed by atoms with van der Waals surface area (Å²) in [6.45, 7) is 11.2. The Morgan fingerprint density at radius 3 is 2.38 bits per heavy atom. The molecule has 1 saturated carbocycles. The van der Waals surface area contributed by atoms with Crippen LogP contribution in [0.4, 0.5) is 0 Å². The largest absolute Gasteiger partial charge is 0.401 e. The van der Waals surface area contributed by atoms with Gasteiger partial charge in [-0.1, -0.05) is 57.6 Å². The summed E-state index contributed by atoms with van der Waals surface area (Å²) in [6.07, 6.45) is 3.54. The van der Waals surface area contributed by atoms with Crippen LogP contribution in [0.3, 0.4) is 0 Å². The molecule has 5 nitrogen and oxygen atoms in total. The maximum Gasteiger partial charge on any atom is 0.276 e. The summed E-state index contributed by atoms with van der Waals surface area (Å²) in [5, 5.41) is 7.52. The van der Waals surface area contributed by atoms with Gasteiger partial charge in [0.25, 0.3) is 11.8 Å². The topological polar surface area (TPSA) is 49.6 Å². The van der Waals surface area contributed by atoms with Crippen LogP contribution in [0.25, 0.3) is 0 Å². The number of thiophene rings is 1. The molecule has 2 aromatic rings. The molecular weight excluding hydrogens is 460 g/mol. The van der Waals surface area contributed by atoms with Crippen molar-refractivity contribution in [3.8, 4) is 11.8 Å². The third-order valence-electron chi connectivity index (χ3n) is 8.07. The van der Waals surface area contributed by atoms with E-state index in [1.54, 1.807) is 23.5 Å². The number of nitrogens with zero attached hydrogens (tertiary/aromatic N) is 2. The summed E-state index contributed by atoms with van der Waals surface area (Å²) >= 11 is 1.63. The van der Waals surface area contributed by atoms with Gasteiger partial charge in [-0.15, -0.1) is 0 Å². The summed E-state index contributed by atoms with van der Waals surface area (Å²) in [5.41, 5.74) is 1.49. The Labute approximate surface area is 207 Å². The number of carbonyl (C=O) groups is 2. The quantitative estimate of drug-likeness (QED) is 0.238. The van der Waals surface area contributed by atoms with E-state index in [1.807, 2.05) is 34.0 Å². The van der Waals surface area contributed by atoms with Gasteiger partial charge in [0.2, 0.25) is 0 Å². The Hall–Kier alpha value is -2.24. The molecule has 4 unspecified atom stereocenters. The number of carbonyl (C=O) groups excluding carboxylic acids is 2. The van der Waals surface area contributed by atoms with Gasteiger partial charge in [-0.2, -0.15) is 16.3 Å². The van der Waals surface area contributed by atoms with E-state index in [-0.39, 0.29) is 29.0 Å². The summed E-state index contributed by atoms with van der Waals surface area (Å²) in [5.74, 6) is 6.37. The van der Waals surface area contributed by atoms with Crippen molar-refractivity contribution in [1.82, 2.24) is 10.0 Å². The molecule has 1 aliphatic carbocycles. The molecule has 0 N–H and O–H groups in total. The fraction of sp³-hybridized carbons (Fsp3) is 0.481. The molecule has 2 amide bonds. The van der Waals surface area contributed by atoms with Gasteiger partial charge in [0, 0.05) is 10.9 Å². The first-order valence-corrected chi connectivity index (χ1v) is 15.9. The molecule has 0 spiro atoms. The minimum atomic E-state index is -2.18. The molecular formula is C27H32N2O3SSi. The van der Waals surface area contributed by atoms with Crippen molar-refractivity contribution in [2.75, 3.05) is 0 Å². The molecule has 34 heavy (non-hydrogen) atoms. The summed E-state index contributed by atoms with van der Waals surface area (Å²) < 4.78 is 7.00. The number of imide groups is 1. The summed E-state index contributed by atoms with van der Waals surface area (Å²) in [7, 11) is -2.18. The van der Waals surface area contributed by atoms with Crippen molar-refractivity contribution in [2.24, 2.45) is 0 Å². The van der Waals surface area contributed by atoms with Gasteiger partial charge in [-0.25, -0.2) is 5.01 Å². The second-order valence-electron chi connectivity index (χ2n) is 11.1. The van der Waals surface area contributed by atoms with E-state index in [0.29, 0.717) is 11.1 Å². The van der Waals surface area contributed by atoms with Crippen molar-refractivity contribution in [3.63, 3.8) is 0 Å². The number of fused-ring (bicyclic) bond motifs is 2. The Balaban J connectivity index is 1.55. The van der Waals surface area contributed by atoms with E-state index in [0.717, 1.165) is 31.2 Å². The zero-order chi connectivity index (χ0) is 24.3. The van der Waals surface area contributed by atoms with Gasteiger partial charge >= 0.3 is 0 Å². The van der Waals surface area contributed by atoms with Gasteiger partial charge in [0.05, 0.1) is 22.7 Å². The predicted molar refractivity (Wildman–Crippen MR) is 137 cm³/mol. The van der Waals surface area contributed by atoms with Crippen LogP contribution in [0.5, 0.6) is 0 Å². The van der Waals surface area contributed by atoms with Crippen LogP contribution in [-0.2, 0) is 4.43 Å². The first kappa shape index (κ1) is 23.5. The maximum absolute atomic E-state index is 13.4. The van der Waals surface area contributed by atoms with Crippen LogP contribution in [0, 0.1) is 11.8 Å². The van der Waals surface area contributed by atoms with Crippen molar-refractivity contribution >= 4 is 31.5 Å². The zero-order valence-corrected chi connectivity index (χ0v) is 22.4. The molecule has 7 heteroatoms. The Morgan fingerprint density at radius 1 is 1.12 bits per heavy atom. The van der Waals surface area contributed by atoms with Crippen molar-refractivity contribution in [1.29, 1.82) is 0 Å². The minimum Gasteiger partial charge on any atom is -0.401 e. The summed E-state index contributed by atoms with van der Waals surface area (Å²) in [6, 6.07) is 9.22. The number of amides is 2. The highest BCUT2D eigenvalue weighted by molar-refractivity contribution is 7.08. The number of rotatable bonds is 4. The second kappa shape index (κ2) is 8.16. The molecule has 1 aromatic heterocycles. The van der Waals surface area contributed by atoms with E-state index < -0.39 is 13.9 Å². The van der Waals surface area contributed by atoms with Crippen molar-refractivity contribution < 1.29 is 14.0 Å². The molecule has 5 rings (SSSR count). The smallest absolute Gasteiger partial charge is 0.276 e. The molecule has 0 bridgehead atoms. The average Bonchev–Trinajstić information content (AvgIpc) is 3.06. The molecule has 0 radical (unpaired) electrons. The minimum absolute atomic E-state index is 0.0192. The number of benzene rings is 1. The molecule has 1 aromatic carbocycles. The number of hydrogen-bond acceptors (Lipinski definition) is 5. The molecule has 3 heterocycles. The van der Waals surface area contributed by atoms with Gasteiger partial charge < -0.3 is 4.43 Å². The SMILES string of the molecule is CC(C)(C)[Si](C)(C)OC(C#Cc1ccsc1)C12CCCCC1N2N1C(=O)c2ccccc2C1=O. The van der Waals surface area contributed by atoms with Crippen LogP contribution >= 0.6 is 11.3 Å². The van der Waals surface area contributed by atoms with Gasteiger partial charge in [-0.3, -0.25) is 9.59 Å². The first-order chi connectivity index (χ1) is 16.1. The Kier molecular flexibility index (Phi) is 5.64. The number of hydrogen-bond donors (Lipinski definition) is 0. The van der Waals surface area contributed by atoms with Crippen LogP contribution in [0.1, 0.15) is 72.7 Å². The van der Waals surface area contributed by atoms with E-state index in [2.05, 4.69) is 45.7 Å². The maximum atomic E-state index is 13.4. The van der Waals surface area contributed by atoms with Crippen LogP contribution < -0.4 is 0 Å². The normalized spacial score (nSPS) is 27.0. The van der Waals surface area contributed by atoms with Crippen LogP contribution in [0.2, 0.25) is 18.1 Å². The lowest BCUT2D eigenvalue weighted by Gasteiger charge is -2.41. The standard InChI is InChI=1S/C27H32N2O3SSi/c1-26(2,3)34(4,5)32-23(14-13-19-15-17-33-18-19)27-16-9-8-12-22(27)29(27)28-24(30)20-10-6-7-11-21(20)25(28)31/h6-7,10-11,15,17-18,22-23H,8-9,12,16H2,1-5H3. The van der Waals surface area contributed by atoms with Gasteiger partial charge in [0.1, 0.15) is 6.10 Å². The Morgan fingerprint density at radius 2 is 1.79 bits per heavy atom. The van der Waals surface area contributed by atoms with Crippen molar-refractivity contribution in [2.45, 2.75) is 82.3 Å². The van der Waals surface area contributed by atoms with Crippen LogP contribution in [0.15, 0.2) is 41.1 Å². The van der Waals surface area contributed by atoms with Crippen molar-refractivity contribution in [3.05, 3.63) is 57.8 Å². The molecule has 178 valence electrons. The highest BCUT2D eigenvalue weighted by atomic mass is 32.1. The second-order valence-corrected chi connectivity index (χ2v) is 16.6. The first-order valence-electron chi connectivity index (χ1n) is 12.1. The zero-order valence-electron chi connectivity index (χ0n) is 20.6. The van der Waals surface area contributed by atoms with E-state index in [1.165, 1.54) is 5.01 Å². The van der Waals surface area contributed by atoms with Gasteiger partial charge in [0.15, 0.2) is 8.32 Å². The lowest BCUT2D eigenvalue weighted by atomic mass is 9.85. The number of hydrazine groups is 1. The Bertz CT molecular complexity index is 1160. The van der Waals surface area contributed by atoms with E-state index in [4.69, 9.17) is 4.43 Å². The monoisotopic (exact) mass is 492 g/mol. The molecule has 4 atom stereocenters.